The number of nitrogens with one attached hydrogen (secondary N) is 1. The van der Waals surface area contributed by atoms with Gasteiger partial charge in [-0.05, 0) is 29.9 Å². The Labute approximate surface area is 165 Å². The molecule has 0 bridgehead atoms. The molecule has 1 N–H and O–H groups in total. The zero-order valence-electron chi connectivity index (χ0n) is 15.2. The first-order valence-corrected chi connectivity index (χ1v) is 10.9. The number of hydrogen-bond donors (Lipinski definition) is 1. The van der Waals surface area contributed by atoms with Gasteiger partial charge in [-0.25, -0.2) is 4.98 Å². The fraction of sp³-hybridized carbons (Fsp3) is 0.421. The maximum atomic E-state index is 13.0. The molecule has 0 saturated heterocycles. The summed E-state index contributed by atoms with van der Waals surface area (Å²) in [7, 11) is 0. The zero-order valence-corrected chi connectivity index (χ0v) is 16.8. The number of carbonyl (C=O) groups excluding carboxylic acids is 2. The van der Waals surface area contributed by atoms with Gasteiger partial charge in [0.1, 0.15) is 6.04 Å². The van der Waals surface area contributed by atoms with Crippen molar-refractivity contribution in [3.8, 4) is 0 Å². The fourth-order valence-corrected chi connectivity index (χ4v) is 5.08. The van der Waals surface area contributed by atoms with Gasteiger partial charge >= 0.3 is 0 Å². The van der Waals surface area contributed by atoms with Crippen LogP contribution in [0.15, 0.2) is 29.2 Å². The minimum absolute atomic E-state index is 0.0212. The lowest BCUT2D eigenvalue weighted by molar-refractivity contribution is -0.137. The molecule has 2 amide bonds. The van der Waals surface area contributed by atoms with Crippen molar-refractivity contribution in [2.75, 3.05) is 6.54 Å². The topological polar surface area (TPSA) is 66.7 Å². The van der Waals surface area contributed by atoms with E-state index >= 15 is 0 Å². The summed E-state index contributed by atoms with van der Waals surface area (Å²) in [6.07, 6.45) is 6.37. The van der Waals surface area contributed by atoms with Gasteiger partial charge in [0.15, 0.2) is 4.96 Å². The quantitative estimate of drug-likeness (QED) is 0.689. The molecule has 4 heterocycles. The van der Waals surface area contributed by atoms with Crippen LogP contribution in [-0.2, 0) is 29.0 Å². The van der Waals surface area contributed by atoms with Crippen LogP contribution in [0.25, 0.3) is 4.96 Å². The lowest BCUT2D eigenvalue weighted by Gasteiger charge is -2.30. The number of aromatic nitrogens is 2. The Hall–Kier alpha value is -2.19. The molecule has 0 fully saturated rings. The Morgan fingerprint density at radius 3 is 3.04 bits per heavy atom. The molecule has 0 saturated carbocycles. The molecule has 0 aromatic carbocycles. The smallest absolute Gasteiger partial charge is 0.245 e. The van der Waals surface area contributed by atoms with E-state index < -0.39 is 6.04 Å². The highest BCUT2D eigenvalue weighted by molar-refractivity contribution is 7.15. The zero-order chi connectivity index (χ0) is 18.8. The van der Waals surface area contributed by atoms with Gasteiger partial charge in [-0.1, -0.05) is 13.3 Å². The van der Waals surface area contributed by atoms with Crippen molar-refractivity contribution in [2.45, 2.75) is 45.2 Å². The summed E-state index contributed by atoms with van der Waals surface area (Å²) in [5.74, 6) is -0.131. The Morgan fingerprint density at radius 1 is 1.33 bits per heavy atom. The maximum absolute atomic E-state index is 13.0. The second-order valence-electron chi connectivity index (χ2n) is 6.79. The normalized spacial score (nSPS) is 14.9. The molecule has 1 aliphatic heterocycles. The Bertz CT molecular complexity index is 929. The van der Waals surface area contributed by atoms with Crippen LogP contribution in [0.3, 0.4) is 0 Å². The molecule has 6 nitrogen and oxygen atoms in total. The molecule has 27 heavy (non-hydrogen) atoms. The van der Waals surface area contributed by atoms with E-state index in [2.05, 4.69) is 21.7 Å². The summed E-state index contributed by atoms with van der Waals surface area (Å²) in [5, 5.41) is 6.99. The Kier molecular flexibility index (Phi) is 5.27. The first kappa shape index (κ1) is 18.2. The molecule has 1 atom stereocenters. The maximum Gasteiger partial charge on any atom is 0.245 e. The third kappa shape index (κ3) is 3.91. The van der Waals surface area contributed by atoms with Crippen molar-refractivity contribution in [3.63, 3.8) is 0 Å². The standard InChI is InChI=1S/C19H22N4O2S2/c1-2-3-15(18(25)22-6-4-16-13(11-22)5-8-26-16)21-17(24)10-14-12-23-7-9-27-19(23)20-14/h5,7-9,12,15H,2-4,6,10-11H2,1H3,(H,21,24). The first-order chi connectivity index (χ1) is 13.1. The van der Waals surface area contributed by atoms with Crippen molar-refractivity contribution in [3.05, 3.63) is 45.4 Å². The summed E-state index contributed by atoms with van der Waals surface area (Å²) in [4.78, 5) is 34.1. The molecule has 8 heteroatoms. The summed E-state index contributed by atoms with van der Waals surface area (Å²) in [5.41, 5.74) is 1.96. The third-order valence-corrected chi connectivity index (χ3v) is 6.61. The van der Waals surface area contributed by atoms with Crippen molar-refractivity contribution in [2.24, 2.45) is 0 Å². The van der Waals surface area contributed by atoms with Gasteiger partial charge in [0.25, 0.3) is 0 Å². The number of amides is 2. The summed E-state index contributed by atoms with van der Waals surface area (Å²) in [6, 6.07) is 1.63. The van der Waals surface area contributed by atoms with Gasteiger partial charge in [0, 0.05) is 35.7 Å². The number of hydrogen-bond acceptors (Lipinski definition) is 5. The summed E-state index contributed by atoms with van der Waals surface area (Å²) >= 11 is 3.29. The fourth-order valence-electron chi connectivity index (χ4n) is 3.47. The predicted octanol–water partition coefficient (Wildman–Crippen LogP) is 2.87. The number of imidazole rings is 1. The predicted molar refractivity (Wildman–Crippen MR) is 107 cm³/mol. The number of fused-ring (bicyclic) bond motifs is 2. The lowest BCUT2D eigenvalue weighted by Crippen LogP contribution is -2.50. The molecule has 1 unspecified atom stereocenters. The van der Waals surface area contributed by atoms with Gasteiger partial charge in [0.05, 0.1) is 12.1 Å². The second kappa shape index (κ2) is 7.82. The average molecular weight is 403 g/mol. The Morgan fingerprint density at radius 2 is 2.22 bits per heavy atom. The number of thiophene rings is 1. The van der Waals surface area contributed by atoms with E-state index in [1.165, 1.54) is 21.8 Å². The second-order valence-corrected chi connectivity index (χ2v) is 8.66. The SMILES string of the molecule is CCCC(NC(=O)Cc1cn2ccsc2n1)C(=O)N1CCc2sccc2C1. The van der Waals surface area contributed by atoms with E-state index in [-0.39, 0.29) is 18.2 Å². The minimum Gasteiger partial charge on any atom is -0.344 e. The van der Waals surface area contributed by atoms with Crippen LogP contribution in [0.4, 0.5) is 0 Å². The third-order valence-electron chi connectivity index (χ3n) is 4.81. The number of rotatable bonds is 6. The number of carbonyl (C=O) groups is 2. The number of thiazole rings is 1. The van der Waals surface area contributed by atoms with Crippen LogP contribution >= 0.6 is 22.7 Å². The summed E-state index contributed by atoms with van der Waals surface area (Å²) in [6.45, 7) is 3.40. The van der Waals surface area contributed by atoms with Gasteiger partial charge in [-0.2, -0.15) is 0 Å². The molecule has 0 radical (unpaired) electrons. The first-order valence-electron chi connectivity index (χ1n) is 9.18. The van der Waals surface area contributed by atoms with Crippen LogP contribution in [-0.4, -0.2) is 38.7 Å². The van der Waals surface area contributed by atoms with E-state index in [0.29, 0.717) is 13.0 Å². The molecule has 142 valence electrons. The monoisotopic (exact) mass is 402 g/mol. The summed E-state index contributed by atoms with van der Waals surface area (Å²) < 4.78 is 1.91. The van der Waals surface area contributed by atoms with Gasteiger partial charge in [0.2, 0.25) is 11.8 Å². The van der Waals surface area contributed by atoms with Gasteiger partial charge < -0.3 is 10.2 Å². The van der Waals surface area contributed by atoms with E-state index in [1.807, 2.05) is 34.0 Å². The Balaban J connectivity index is 1.40. The van der Waals surface area contributed by atoms with Crippen LogP contribution < -0.4 is 5.32 Å². The molecule has 0 aliphatic carbocycles. The molecule has 4 rings (SSSR count). The van der Waals surface area contributed by atoms with Crippen molar-refractivity contribution in [1.29, 1.82) is 0 Å². The van der Waals surface area contributed by atoms with Crippen molar-refractivity contribution < 1.29 is 9.59 Å². The van der Waals surface area contributed by atoms with E-state index in [0.717, 1.165) is 30.0 Å². The molecular formula is C19H22N4O2S2. The highest BCUT2D eigenvalue weighted by Gasteiger charge is 2.28. The molecular weight excluding hydrogens is 380 g/mol. The minimum atomic E-state index is -0.466. The molecule has 1 aliphatic rings. The highest BCUT2D eigenvalue weighted by atomic mass is 32.1. The lowest BCUT2D eigenvalue weighted by atomic mass is 10.1. The van der Waals surface area contributed by atoms with Crippen LogP contribution in [0.5, 0.6) is 0 Å². The van der Waals surface area contributed by atoms with Crippen LogP contribution in [0.1, 0.15) is 35.9 Å². The van der Waals surface area contributed by atoms with E-state index in [4.69, 9.17) is 0 Å². The molecule has 3 aromatic rings. The number of nitrogens with zero attached hydrogens (tertiary/aromatic N) is 3. The molecule has 0 spiro atoms. The van der Waals surface area contributed by atoms with Crippen molar-refractivity contribution in [1.82, 2.24) is 19.6 Å². The van der Waals surface area contributed by atoms with Gasteiger partial charge in [-0.3, -0.25) is 14.0 Å². The largest absolute Gasteiger partial charge is 0.344 e. The highest BCUT2D eigenvalue weighted by Crippen LogP contribution is 2.24. The van der Waals surface area contributed by atoms with Crippen molar-refractivity contribution >= 4 is 39.4 Å². The average Bonchev–Trinajstić information content (AvgIpc) is 3.35. The molecule has 3 aromatic heterocycles. The van der Waals surface area contributed by atoms with Crippen LogP contribution in [0.2, 0.25) is 0 Å². The van der Waals surface area contributed by atoms with E-state index in [1.54, 1.807) is 11.3 Å². The van der Waals surface area contributed by atoms with Crippen LogP contribution in [0, 0.1) is 0 Å². The van der Waals surface area contributed by atoms with Gasteiger partial charge in [-0.15, -0.1) is 22.7 Å². The van der Waals surface area contributed by atoms with E-state index in [9.17, 15) is 9.59 Å².